The molecule has 0 fully saturated rings. The highest BCUT2D eigenvalue weighted by atomic mass is 16.3. The molecule has 0 rings (SSSR count). The molecule has 0 aromatic carbocycles. The lowest BCUT2D eigenvalue weighted by atomic mass is 10.0. The SMILES string of the molecule is CC(C)CC(O)CCC#N. The van der Waals surface area contributed by atoms with E-state index in [-0.39, 0.29) is 6.10 Å². The molecule has 2 nitrogen and oxygen atoms in total. The molecule has 0 aromatic heterocycles. The number of hydrogen-bond donors (Lipinski definition) is 1. The number of aliphatic hydroxyl groups excluding tert-OH is 1. The number of nitrogens with zero attached hydrogens (tertiary/aromatic N) is 1. The topological polar surface area (TPSA) is 44.0 Å². The van der Waals surface area contributed by atoms with Crippen LogP contribution in [0.5, 0.6) is 0 Å². The number of rotatable bonds is 4. The van der Waals surface area contributed by atoms with Gasteiger partial charge in [0.2, 0.25) is 0 Å². The predicted octanol–water partition coefficient (Wildman–Crippen LogP) is 1.70. The van der Waals surface area contributed by atoms with Gasteiger partial charge in [-0.2, -0.15) is 5.26 Å². The van der Waals surface area contributed by atoms with Crippen molar-refractivity contribution in [2.24, 2.45) is 5.92 Å². The second-order valence-electron chi connectivity index (χ2n) is 2.98. The average Bonchev–Trinajstić information content (AvgIpc) is 1.82. The molecule has 0 aromatic rings. The smallest absolute Gasteiger partial charge is 0.0622 e. The largest absolute Gasteiger partial charge is 0.393 e. The van der Waals surface area contributed by atoms with E-state index in [0.717, 1.165) is 6.42 Å². The highest BCUT2D eigenvalue weighted by Gasteiger charge is 2.05. The van der Waals surface area contributed by atoms with Gasteiger partial charge in [-0.15, -0.1) is 0 Å². The van der Waals surface area contributed by atoms with Crippen molar-refractivity contribution < 1.29 is 5.11 Å². The summed E-state index contributed by atoms with van der Waals surface area (Å²) in [5.41, 5.74) is 0. The van der Waals surface area contributed by atoms with E-state index in [1.807, 2.05) is 6.07 Å². The minimum absolute atomic E-state index is 0.278. The Kier molecular flexibility index (Phi) is 4.96. The molecule has 0 saturated carbocycles. The summed E-state index contributed by atoms with van der Waals surface area (Å²) < 4.78 is 0. The number of hydrogen-bond acceptors (Lipinski definition) is 2. The zero-order valence-corrected chi connectivity index (χ0v) is 6.67. The lowest BCUT2D eigenvalue weighted by Gasteiger charge is -2.09. The first-order valence-electron chi connectivity index (χ1n) is 3.71. The maximum atomic E-state index is 9.20. The Morgan fingerprint density at radius 1 is 1.50 bits per heavy atom. The van der Waals surface area contributed by atoms with Crippen LogP contribution in [0.15, 0.2) is 0 Å². The number of nitriles is 1. The molecule has 0 radical (unpaired) electrons. The quantitative estimate of drug-likeness (QED) is 0.647. The fraction of sp³-hybridized carbons (Fsp3) is 0.875. The van der Waals surface area contributed by atoms with Crippen LogP contribution in [-0.2, 0) is 0 Å². The lowest BCUT2D eigenvalue weighted by Crippen LogP contribution is -2.09. The summed E-state index contributed by atoms with van der Waals surface area (Å²) in [5, 5.41) is 17.4. The molecular formula is C8H15NO. The minimum Gasteiger partial charge on any atom is -0.393 e. The van der Waals surface area contributed by atoms with Crippen molar-refractivity contribution in [2.45, 2.75) is 39.2 Å². The Balaban J connectivity index is 3.27. The summed E-state index contributed by atoms with van der Waals surface area (Å²) in [7, 11) is 0. The molecule has 0 aliphatic carbocycles. The van der Waals surface area contributed by atoms with Gasteiger partial charge in [-0.3, -0.25) is 0 Å². The van der Waals surface area contributed by atoms with Gasteiger partial charge in [-0.25, -0.2) is 0 Å². The van der Waals surface area contributed by atoms with Crippen molar-refractivity contribution in [3.8, 4) is 6.07 Å². The molecule has 2 heteroatoms. The molecule has 0 bridgehead atoms. The van der Waals surface area contributed by atoms with Crippen molar-refractivity contribution in [3.05, 3.63) is 0 Å². The molecule has 10 heavy (non-hydrogen) atoms. The third-order valence-corrected chi connectivity index (χ3v) is 1.33. The first-order valence-corrected chi connectivity index (χ1v) is 3.71. The molecule has 0 saturated heterocycles. The Morgan fingerprint density at radius 2 is 2.10 bits per heavy atom. The van der Waals surface area contributed by atoms with E-state index >= 15 is 0 Å². The minimum atomic E-state index is -0.278. The summed E-state index contributed by atoms with van der Waals surface area (Å²) in [5.74, 6) is 0.522. The average molecular weight is 141 g/mol. The van der Waals surface area contributed by atoms with E-state index in [4.69, 9.17) is 5.26 Å². The van der Waals surface area contributed by atoms with Crippen molar-refractivity contribution in [1.82, 2.24) is 0 Å². The maximum Gasteiger partial charge on any atom is 0.0622 e. The van der Waals surface area contributed by atoms with E-state index in [0.29, 0.717) is 18.8 Å². The van der Waals surface area contributed by atoms with Gasteiger partial charge in [0.05, 0.1) is 12.2 Å². The van der Waals surface area contributed by atoms with Crippen molar-refractivity contribution >= 4 is 0 Å². The molecule has 0 aliphatic rings. The van der Waals surface area contributed by atoms with Crippen LogP contribution in [0.2, 0.25) is 0 Å². The second-order valence-corrected chi connectivity index (χ2v) is 2.98. The third-order valence-electron chi connectivity index (χ3n) is 1.33. The fourth-order valence-electron chi connectivity index (χ4n) is 0.893. The van der Waals surface area contributed by atoms with Gasteiger partial charge in [-0.05, 0) is 18.8 Å². The molecule has 1 atom stereocenters. The molecule has 0 spiro atoms. The monoisotopic (exact) mass is 141 g/mol. The van der Waals surface area contributed by atoms with Crippen molar-refractivity contribution in [3.63, 3.8) is 0 Å². The van der Waals surface area contributed by atoms with Crippen molar-refractivity contribution in [2.75, 3.05) is 0 Å². The highest BCUT2D eigenvalue weighted by Crippen LogP contribution is 2.08. The molecule has 1 unspecified atom stereocenters. The fourth-order valence-corrected chi connectivity index (χ4v) is 0.893. The number of aliphatic hydroxyl groups is 1. The highest BCUT2D eigenvalue weighted by molar-refractivity contribution is 4.71. The Morgan fingerprint density at radius 3 is 2.50 bits per heavy atom. The molecule has 0 heterocycles. The molecule has 1 N–H and O–H groups in total. The van der Waals surface area contributed by atoms with Crippen LogP contribution in [0.25, 0.3) is 0 Å². The van der Waals surface area contributed by atoms with Gasteiger partial charge < -0.3 is 5.11 Å². The molecule has 0 aliphatic heterocycles. The van der Waals surface area contributed by atoms with E-state index in [9.17, 15) is 5.11 Å². The molecular weight excluding hydrogens is 126 g/mol. The summed E-state index contributed by atoms with van der Waals surface area (Å²) in [6, 6.07) is 2.01. The zero-order valence-electron chi connectivity index (χ0n) is 6.67. The Labute approximate surface area is 62.5 Å². The summed E-state index contributed by atoms with van der Waals surface area (Å²) in [4.78, 5) is 0. The van der Waals surface area contributed by atoms with E-state index in [2.05, 4.69) is 13.8 Å². The van der Waals surface area contributed by atoms with Crippen LogP contribution in [0, 0.1) is 17.2 Å². The van der Waals surface area contributed by atoms with E-state index in [1.165, 1.54) is 0 Å². The first-order chi connectivity index (χ1) is 4.66. The molecule has 0 amide bonds. The van der Waals surface area contributed by atoms with Gasteiger partial charge in [-0.1, -0.05) is 13.8 Å². The van der Waals surface area contributed by atoms with Gasteiger partial charge >= 0.3 is 0 Å². The van der Waals surface area contributed by atoms with Crippen molar-refractivity contribution in [1.29, 1.82) is 5.26 Å². The third kappa shape index (κ3) is 5.58. The summed E-state index contributed by atoms with van der Waals surface area (Å²) >= 11 is 0. The van der Waals surface area contributed by atoms with Gasteiger partial charge in [0.15, 0.2) is 0 Å². The Hall–Kier alpha value is -0.550. The summed E-state index contributed by atoms with van der Waals surface area (Å²) in [6.07, 6.45) is 1.61. The predicted molar refractivity (Wildman–Crippen MR) is 40.3 cm³/mol. The van der Waals surface area contributed by atoms with Crippen LogP contribution < -0.4 is 0 Å². The van der Waals surface area contributed by atoms with Crippen LogP contribution in [0.1, 0.15) is 33.1 Å². The van der Waals surface area contributed by atoms with E-state index in [1.54, 1.807) is 0 Å². The normalized spacial score (nSPS) is 13.1. The standard InChI is InChI=1S/C8H15NO/c1-7(2)6-8(10)4-3-5-9/h7-8,10H,3-4,6H2,1-2H3. The Bertz CT molecular complexity index is 115. The second kappa shape index (κ2) is 5.25. The zero-order chi connectivity index (χ0) is 7.98. The first kappa shape index (κ1) is 9.45. The van der Waals surface area contributed by atoms with E-state index < -0.39 is 0 Å². The van der Waals surface area contributed by atoms with Gasteiger partial charge in [0.25, 0.3) is 0 Å². The van der Waals surface area contributed by atoms with Crippen LogP contribution in [0.3, 0.4) is 0 Å². The van der Waals surface area contributed by atoms with Crippen LogP contribution in [0.4, 0.5) is 0 Å². The summed E-state index contributed by atoms with van der Waals surface area (Å²) in [6.45, 7) is 4.13. The maximum absolute atomic E-state index is 9.20. The van der Waals surface area contributed by atoms with Crippen LogP contribution in [-0.4, -0.2) is 11.2 Å². The van der Waals surface area contributed by atoms with Crippen LogP contribution >= 0.6 is 0 Å². The van der Waals surface area contributed by atoms with Gasteiger partial charge in [0, 0.05) is 6.42 Å². The van der Waals surface area contributed by atoms with Gasteiger partial charge in [0.1, 0.15) is 0 Å². The molecule has 58 valence electrons. The lowest BCUT2D eigenvalue weighted by molar-refractivity contribution is 0.141.